The maximum Gasteiger partial charge on any atom is 0.231 e. The summed E-state index contributed by atoms with van der Waals surface area (Å²) in [5.74, 6) is 0.742. The molecule has 2 aromatic carbocycles. The summed E-state index contributed by atoms with van der Waals surface area (Å²) in [5.41, 5.74) is 1.29. The highest BCUT2D eigenvalue weighted by molar-refractivity contribution is 6.31. The zero-order valence-electron chi connectivity index (χ0n) is 13.5. The van der Waals surface area contributed by atoms with E-state index in [9.17, 15) is 9.59 Å². The van der Waals surface area contributed by atoms with Crippen LogP contribution in [0.25, 0.3) is 0 Å². The molecule has 1 aliphatic heterocycles. The molecule has 1 atom stereocenters. The van der Waals surface area contributed by atoms with Gasteiger partial charge in [-0.2, -0.15) is 0 Å². The second-order valence-electron chi connectivity index (χ2n) is 5.59. The summed E-state index contributed by atoms with van der Waals surface area (Å²) >= 11 is 6.20. The van der Waals surface area contributed by atoms with Gasteiger partial charge < -0.3 is 20.1 Å². The SMILES string of the molecule is CC(=O)N[C@@H](CC(=O)Nc1ccc2c(c1)OCO2)c1ccccc1Cl. The van der Waals surface area contributed by atoms with Crippen LogP contribution >= 0.6 is 11.6 Å². The predicted octanol–water partition coefficient (Wildman–Crippen LogP) is 3.27. The summed E-state index contributed by atoms with van der Waals surface area (Å²) in [6, 6.07) is 11.8. The Morgan fingerprint density at radius 1 is 1.16 bits per heavy atom. The summed E-state index contributed by atoms with van der Waals surface area (Å²) in [4.78, 5) is 23.9. The number of hydrogen-bond acceptors (Lipinski definition) is 4. The van der Waals surface area contributed by atoms with Crippen molar-refractivity contribution in [1.82, 2.24) is 5.32 Å². The molecule has 6 nitrogen and oxygen atoms in total. The van der Waals surface area contributed by atoms with Crippen molar-refractivity contribution in [2.45, 2.75) is 19.4 Å². The number of amides is 2. The third kappa shape index (κ3) is 4.22. The first kappa shape index (κ1) is 17.1. The van der Waals surface area contributed by atoms with Crippen LogP contribution in [0.2, 0.25) is 5.02 Å². The highest BCUT2D eigenvalue weighted by Gasteiger charge is 2.20. The van der Waals surface area contributed by atoms with Crippen molar-refractivity contribution in [3.63, 3.8) is 0 Å². The topological polar surface area (TPSA) is 76.7 Å². The Balaban J connectivity index is 1.72. The number of anilines is 1. The molecule has 0 saturated carbocycles. The Morgan fingerprint density at radius 3 is 2.68 bits per heavy atom. The van der Waals surface area contributed by atoms with Gasteiger partial charge >= 0.3 is 0 Å². The molecular formula is C18H17ClN2O4. The molecule has 25 heavy (non-hydrogen) atoms. The summed E-state index contributed by atoms with van der Waals surface area (Å²) in [6.07, 6.45) is 0.0533. The molecule has 0 fully saturated rings. The van der Waals surface area contributed by atoms with Crippen LogP contribution in [0.15, 0.2) is 42.5 Å². The first-order valence-corrected chi connectivity index (χ1v) is 8.12. The predicted molar refractivity (Wildman–Crippen MR) is 93.8 cm³/mol. The highest BCUT2D eigenvalue weighted by Crippen LogP contribution is 2.34. The minimum atomic E-state index is -0.514. The summed E-state index contributed by atoms with van der Waals surface area (Å²) in [5, 5.41) is 6.06. The quantitative estimate of drug-likeness (QED) is 0.858. The average molecular weight is 361 g/mol. The van der Waals surface area contributed by atoms with E-state index < -0.39 is 6.04 Å². The first-order valence-electron chi connectivity index (χ1n) is 7.74. The van der Waals surface area contributed by atoms with Crippen molar-refractivity contribution in [2.75, 3.05) is 12.1 Å². The molecule has 2 N–H and O–H groups in total. The second kappa shape index (κ2) is 7.44. The lowest BCUT2D eigenvalue weighted by molar-refractivity contribution is -0.120. The molecule has 0 aromatic heterocycles. The van der Waals surface area contributed by atoms with Crippen molar-refractivity contribution in [3.8, 4) is 11.5 Å². The van der Waals surface area contributed by atoms with Crippen LogP contribution in [0.1, 0.15) is 24.9 Å². The van der Waals surface area contributed by atoms with E-state index in [1.807, 2.05) is 6.07 Å². The number of benzene rings is 2. The van der Waals surface area contributed by atoms with Crippen molar-refractivity contribution in [2.24, 2.45) is 0 Å². The van der Waals surface area contributed by atoms with E-state index in [-0.39, 0.29) is 25.0 Å². The standard InChI is InChI=1S/C18H17ClN2O4/c1-11(22)20-15(13-4-2-3-5-14(13)19)9-18(23)21-12-6-7-16-17(8-12)25-10-24-16/h2-8,15H,9-10H2,1H3,(H,20,22)(H,21,23)/t15-/m0/s1. The molecule has 0 aliphatic carbocycles. The van der Waals surface area contributed by atoms with Crippen LogP contribution in [-0.4, -0.2) is 18.6 Å². The van der Waals surface area contributed by atoms with Gasteiger partial charge in [-0.05, 0) is 23.8 Å². The van der Waals surface area contributed by atoms with Crippen LogP contribution in [0, 0.1) is 0 Å². The number of rotatable bonds is 5. The summed E-state index contributed by atoms with van der Waals surface area (Å²) in [6.45, 7) is 1.57. The molecule has 0 spiro atoms. The molecule has 1 aliphatic rings. The smallest absolute Gasteiger partial charge is 0.231 e. The van der Waals surface area contributed by atoms with Gasteiger partial charge in [0.05, 0.1) is 12.5 Å². The Kier molecular flexibility index (Phi) is 5.09. The molecule has 0 saturated heterocycles. The van der Waals surface area contributed by atoms with Gasteiger partial charge in [-0.3, -0.25) is 9.59 Å². The number of halogens is 1. The Morgan fingerprint density at radius 2 is 1.92 bits per heavy atom. The Labute approximate surface area is 150 Å². The monoisotopic (exact) mass is 360 g/mol. The summed E-state index contributed by atoms with van der Waals surface area (Å²) in [7, 11) is 0. The Hall–Kier alpha value is -2.73. The normalized spacial score (nSPS) is 13.2. The molecule has 0 unspecified atom stereocenters. The lowest BCUT2D eigenvalue weighted by Gasteiger charge is -2.19. The minimum Gasteiger partial charge on any atom is -0.454 e. The largest absolute Gasteiger partial charge is 0.454 e. The van der Waals surface area contributed by atoms with Gasteiger partial charge in [-0.25, -0.2) is 0 Å². The van der Waals surface area contributed by atoms with Crippen LogP contribution < -0.4 is 20.1 Å². The minimum absolute atomic E-state index is 0.0533. The van der Waals surface area contributed by atoms with Crippen LogP contribution in [0.3, 0.4) is 0 Å². The molecule has 7 heteroatoms. The van der Waals surface area contributed by atoms with Crippen LogP contribution in [-0.2, 0) is 9.59 Å². The molecule has 0 bridgehead atoms. The molecule has 3 rings (SSSR count). The molecule has 2 aromatic rings. The van der Waals surface area contributed by atoms with E-state index in [2.05, 4.69) is 10.6 Å². The summed E-state index contributed by atoms with van der Waals surface area (Å²) < 4.78 is 10.5. The lowest BCUT2D eigenvalue weighted by Crippen LogP contribution is -2.30. The molecule has 1 heterocycles. The van der Waals surface area contributed by atoms with Gasteiger partial charge in [0.2, 0.25) is 18.6 Å². The van der Waals surface area contributed by atoms with E-state index in [1.165, 1.54) is 6.92 Å². The van der Waals surface area contributed by atoms with E-state index in [4.69, 9.17) is 21.1 Å². The fourth-order valence-corrected chi connectivity index (χ4v) is 2.88. The van der Waals surface area contributed by atoms with Gasteiger partial charge in [0.25, 0.3) is 0 Å². The maximum absolute atomic E-state index is 12.4. The van der Waals surface area contributed by atoms with Gasteiger partial charge in [0, 0.05) is 23.7 Å². The maximum atomic E-state index is 12.4. The fraction of sp³-hybridized carbons (Fsp3) is 0.222. The molecule has 0 radical (unpaired) electrons. The van der Waals surface area contributed by atoms with E-state index in [1.54, 1.807) is 36.4 Å². The van der Waals surface area contributed by atoms with Gasteiger partial charge in [0.1, 0.15) is 0 Å². The van der Waals surface area contributed by atoms with Gasteiger partial charge in [-0.1, -0.05) is 29.8 Å². The van der Waals surface area contributed by atoms with E-state index in [0.29, 0.717) is 27.8 Å². The molecule has 2 amide bonds. The van der Waals surface area contributed by atoms with Crippen molar-refractivity contribution >= 4 is 29.1 Å². The van der Waals surface area contributed by atoms with Gasteiger partial charge in [0.15, 0.2) is 11.5 Å². The van der Waals surface area contributed by atoms with E-state index >= 15 is 0 Å². The number of hydrogen-bond donors (Lipinski definition) is 2. The van der Waals surface area contributed by atoms with Crippen molar-refractivity contribution < 1.29 is 19.1 Å². The zero-order valence-corrected chi connectivity index (χ0v) is 14.3. The first-order chi connectivity index (χ1) is 12.0. The highest BCUT2D eigenvalue weighted by atomic mass is 35.5. The van der Waals surface area contributed by atoms with Gasteiger partial charge in [-0.15, -0.1) is 0 Å². The third-order valence-corrected chi connectivity index (χ3v) is 4.05. The van der Waals surface area contributed by atoms with Crippen molar-refractivity contribution in [1.29, 1.82) is 0 Å². The number of ether oxygens (including phenoxy) is 2. The molecular weight excluding hydrogens is 344 g/mol. The van der Waals surface area contributed by atoms with Crippen molar-refractivity contribution in [3.05, 3.63) is 53.1 Å². The lowest BCUT2D eigenvalue weighted by atomic mass is 10.0. The number of fused-ring (bicyclic) bond motifs is 1. The Bertz CT molecular complexity index is 809. The number of carbonyl (C=O) groups is 2. The average Bonchev–Trinajstić information content (AvgIpc) is 3.02. The number of carbonyl (C=O) groups excluding carboxylic acids is 2. The molecule has 130 valence electrons. The fourth-order valence-electron chi connectivity index (χ4n) is 2.61. The second-order valence-corrected chi connectivity index (χ2v) is 6.00. The third-order valence-electron chi connectivity index (χ3n) is 3.70. The zero-order chi connectivity index (χ0) is 17.8. The van der Waals surface area contributed by atoms with E-state index in [0.717, 1.165) is 0 Å². The van der Waals surface area contributed by atoms with Crippen LogP contribution in [0.5, 0.6) is 11.5 Å². The number of nitrogens with one attached hydrogen (secondary N) is 2. The van der Waals surface area contributed by atoms with Crippen LogP contribution in [0.4, 0.5) is 5.69 Å².